The summed E-state index contributed by atoms with van der Waals surface area (Å²) in [6.07, 6.45) is -4.64. The van der Waals surface area contributed by atoms with E-state index in [0.29, 0.717) is 16.7 Å². The Morgan fingerprint density at radius 3 is 1.65 bits per heavy atom. The summed E-state index contributed by atoms with van der Waals surface area (Å²) in [5.41, 5.74) is -0.466. The lowest BCUT2D eigenvalue weighted by atomic mass is 9.95. The van der Waals surface area contributed by atoms with Crippen LogP contribution >= 0.6 is 0 Å². The van der Waals surface area contributed by atoms with Gasteiger partial charge in [0.15, 0.2) is 0 Å². The molecule has 0 saturated heterocycles. The zero-order valence-electron chi connectivity index (χ0n) is 19.4. The van der Waals surface area contributed by atoms with Crippen molar-refractivity contribution >= 4 is 11.6 Å². The van der Waals surface area contributed by atoms with Gasteiger partial charge in [0.2, 0.25) is 0 Å². The van der Waals surface area contributed by atoms with Crippen LogP contribution in [0, 0.1) is 0 Å². The minimum atomic E-state index is -4.49. The zero-order valence-corrected chi connectivity index (χ0v) is 19.4. The molecule has 2 aromatic rings. The molecular formula is C26H31F6NO. The van der Waals surface area contributed by atoms with Crippen LogP contribution in [0.25, 0.3) is 11.6 Å². The van der Waals surface area contributed by atoms with Gasteiger partial charge in [0, 0.05) is 6.54 Å². The summed E-state index contributed by atoms with van der Waals surface area (Å²) in [5, 5.41) is 11.1. The van der Waals surface area contributed by atoms with Crippen LogP contribution in [-0.4, -0.2) is 35.7 Å². The monoisotopic (exact) mass is 487 g/mol. The van der Waals surface area contributed by atoms with E-state index in [9.17, 15) is 31.4 Å². The Morgan fingerprint density at radius 1 is 0.794 bits per heavy atom. The first-order valence-electron chi connectivity index (χ1n) is 11.4. The number of alkyl halides is 6. The number of halogens is 6. The Balaban J connectivity index is 2.40. The zero-order chi connectivity index (χ0) is 25.4. The van der Waals surface area contributed by atoms with Gasteiger partial charge < -0.3 is 10.0 Å². The molecule has 0 spiro atoms. The van der Waals surface area contributed by atoms with Crippen LogP contribution in [0.5, 0.6) is 0 Å². The summed E-state index contributed by atoms with van der Waals surface area (Å²) in [5.74, 6) is 0. The number of aliphatic hydroxyl groups excluding tert-OH is 1. The van der Waals surface area contributed by atoms with Gasteiger partial charge in [0.1, 0.15) is 0 Å². The molecule has 2 rings (SSSR count). The highest BCUT2D eigenvalue weighted by molar-refractivity contribution is 5.84. The van der Waals surface area contributed by atoms with E-state index in [1.165, 1.54) is 30.3 Å². The Hall–Kier alpha value is -2.32. The first-order chi connectivity index (χ1) is 16.0. The average molecular weight is 488 g/mol. The largest absolute Gasteiger partial charge is 0.416 e. The molecule has 8 heteroatoms. The smallest absolute Gasteiger partial charge is 0.387 e. The Bertz CT molecular complexity index is 893. The first kappa shape index (κ1) is 27.9. The van der Waals surface area contributed by atoms with Crippen molar-refractivity contribution in [1.29, 1.82) is 0 Å². The van der Waals surface area contributed by atoms with Gasteiger partial charge >= 0.3 is 12.4 Å². The summed E-state index contributed by atoms with van der Waals surface area (Å²) in [6.45, 7) is 5.94. The van der Waals surface area contributed by atoms with E-state index in [2.05, 4.69) is 18.7 Å². The normalized spacial score (nSPS) is 14.0. The van der Waals surface area contributed by atoms with Gasteiger partial charge in [-0.1, -0.05) is 51.0 Å². The maximum absolute atomic E-state index is 13.0. The van der Waals surface area contributed by atoms with Crippen LogP contribution in [0.4, 0.5) is 26.3 Å². The third-order valence-electron chi connectivity index (χ3n) is 5.55. The van der Waals surface area contributed by atoms with Crippen LogP contribution in [0.2, 0.25) is 0 Å². The standard InChI is InChI=1S/C26H31F6NO/c1-3-5-15-33(16-6-4-2)18-24(34)23(20-9-13-22(14-10-20)26(30,31)32)17-19-7-11-21(12-8-19)25(27,28)29/h7-14,17,24,34H,3-6,15-16,18H2,1-2H3/b23-17+. The summed E-state index contributed by atoms with van der Waals surface area (Å²) in [6, 6.07) is 8.89. The average Bonchev–Trinajstić information content (AvgIpc) is 2.78. The van der Waals surface area contributed by atoms with Crippen molar-refractivity contribution in [2.45, 2.75) is 58.0 Å². The van der Waals surface area contributed by atoms with Crippen LogP contribution < -0.4 is 0 Å². The van der Waals surface area contributed by atoms with Gasteiger partial charge in [-0.25, -0.2) is 0 Å². The molecule has 0 saturated carbocycles. The molecule has 188 valence electrons. The van der Waals surface area contributed by atoms with Gasteiger partial charge in [-0.15, -0.1) is 0 Å². The predicted molar refractivity (Wildman–Crippen MR) is 123 cm³/mol. The molecule has 1 unspecified atom stereocenters. The highest BCUT2D eigenvalue weighted by Crippen LogP contribution is 2.32. The molecule has 0 bridgehead atoms. The number of aliphatic hydroxyl groups is 1. The molecule has 0 aliphatic rings. The summed E-state index contributed by atoms with van der Waals surface area (Å²) < 4.78 is 77.7. The third-order valence-corrected chi connectivity index (χ3v) is 5.55. The lowest BCUT2D eigenvalue weighted by molar-refractivity contribution is -0.138. The van der Waals surface area contributed by atoms with Crippen LogP contribution in [0.1, 0.15) is 61.8 Å². The van der Waals surface area contributed by atoms with E-state index in [4.69, 9.17) is 0 Å². The van der Waals surface area contributed by atoms with Gasteiger partial charge in [0.25, 0.3) is 0 Å². The van der Waals surface area contributed by atoms with E-state index >= 15 is 0 Å². The summed E-state index contributed by atoms with van der Waals surface area (Å²) in [7, 11) is 0. The van der Waals surface area contributed by atoms with Gasteiger partial charge in [-0.2, -0.15) is 26.3 Å². The fourth-order valence-corrected chi connectivity index (χ4v) is 3.57. The molecule has 0 aromatic heterocycles. The lowest BCUT2D eigenvalue weighted by Crippen LogP contribution is -2.34. The molecule has 2 nitrogen and oxygen atoms in total. The van der Waals surface area contributed by atoms with Crippen molar-refractivity contribution in [1.82, 2.24) is 4.90 Å². The van der Waals surface area contributed by atoms with Gasteiger partial charge in [0.05, 0.1) is 17.2 Å². The van der Waals surface area contributed by atoms with E-state index in [0.717, 1.165) is 63.0 Å². The summed E-state index contributed by atoms with van der Waals surface area (Å²) >= 11 is 0. The molecule has 0 aliphatic heterocycles. The fraction of sp³-hybridized carbons (Fsp3) is 0.462. The SMILES string of the molecule is CCCCN(CCCC)CC(O)/C(=C/c1ccc(C(F)(F)F)cc1)c1ccc(C(F)(F)F)cc1. The highest BCUT2D eigenvalue weighted by Gasteiger charge is 2.31. The predicted octanol–water partition coefficient (Wildman–Crippen LogP) is 7.53. The molecule has 1 atom stereocenters. The lowest BCUT2D eigenvalue weighted by Gasteiger charge is -2.26. The van der Waals surface area contributed by atoms with Crippen molar-refractivity contribution in [3.63, 3.8) is 0 Å². The Morgan fingerprint density at radius 2 is 1.24 bits per heavy atom. The Kier molecular flexibility index (Phi) is 10.2. The first-order valence-corrected chi connectivity index (χ1v) is 11.4. The fourth-order valence-electron chi connectivity index (χ4n) is 3.57. The second-order valence-electron chi connectivity index (χ2n) is 8.32. The van der Waals surface area contributed by atoms with Crippen molar-refractivity contribution in [3.05, 3.63) is 70.8 Å². The number of benzene rings is 2. The van der Waals surface area contributed by atoms with E-state index < -0.39 is 29.6 Å². The number of hydrogen-bond acceptors (Lipinski definition) is 2. The molecule has 2 aromatic carbocycles. The van der Waals surface area contributed by atoms with E-state index in [1.807, 2.05) is 0 Å². The van der Waals surface area contributed by atoms with Crippen LogP contribution in [-0.2, 0) is 12.4 Å². The molecule has 0 radical (unpaired) electrons. The molecular weight excluding hydrogens is 456 g/mol. The van der Waals surface area contributed by atoms with E-state index in [1.54, 1.807) is 0 Å². The Labute approximate surface area is 196 Å². The number of unbranched alkanes of at least 4 members (excludes halogenated alkanes) is 2. The number of rotatable bonds is 11. The number of nitrogens with zero attached hydrogens (tertiary/aromatic N) is 1. The summed E-state index contributed by atoms with van der Waals surface area (Å²) in [4.78, 5) is 2.11. The molecule has 34 heavy (non-hydrogen) atoms. The quantitative estimate of drug-likeness (QED) is 0.262. The van der Waals surface area contributed by atoms with E-state index in [-0.39, 0.29) is 6.54 Å². The molecule has 0 amide bonds. The van der Waals surface area contributed by atoms with Crippen molar-refractivity contribution in [2.75, 3.05) is 19.6 Å². The minimum Gasteiger partial charge on any atom is -0.387 e. The maximum atomic E-state index is 13.0. The van der Waals surface area contributed by atoms with Crippen LogP contribution in [0.15, 0.2) is 48.5 Å². The van der Waals surface area contributed by atoms with Crippen molar-refractivity contribution < 1.29 is 31.4 Å². The third kappa shape index (κ3) is 8.47. The second kappa shape index (κ2) is 12.4. The molecule has 0 fully saturated rings. The highest BCUT2D eigenvalue weighted by atomic mass is 19.4. The molecule has 1 N–H and O–H groups in total. The van der Waals surface area contributed by atoms with Crippen molar-refractivity contribution in [2.24, 2.45) is 0 Å². The molecule has 0 aliphatic carbocycles. The van der Waals surface area contributed by atoms with Crippen LogP contribution in [0.3, 0.4) is 0 Å². The number of hydrogen-bond donors (Lipinski definition) is 1. The molecule has 0 heterocycles. The van der Waals surface area contributed by atoms with Gasteiger partial charge in [-0.3, -0.25) is 0 Å². The van der Waals surface area contributed by atoms with Gasteiger partial charge in [-0.05, 0) is 73.0 Å². The minimum absolute atomic E-state index is 0.271. The van der Waals surface area contributed by atoms with Crippen molar-refractivity contribution in [3.8, 4) is 0 Å². The maximum Gasteiger partial charge on any atom is 0.416 e. The topological polar surface area (TPSA) is 23.5 Å². The second-order valence-corrected chi connectivity index (χ2v) is 8.32.